The Kier molecular flexibility index (Phi) is 5.23. The smallest absolute Gasteiger partial charge is 0.317 e. The lowest BCUT2D eigenvalue weighted by atomic mass is 10.2. The van der Waals surface area contributed by atoms with Crippen molar-refractivity contribution in [2.24, 2.45) is 4.99 Å². The van der Waals surface area contributed by atoms with Crippen LogP contribution in [-0.2, 0) is 14.3 Å². The molecule has 4 nitrogen and oxygen atoms in total. The number of benzene rings is 1. The van der Waals surface area contributed by atoms with Crippen molar-refractivity contribution in [2.75, 3.05) is 6.61 Å². The summed E-state index contributed by atoms with van der Waals surface area (Å²) >= 11 is 0. The number of carbonyl (C=O) groups is 1. The third-order valence-corrected chi connectivity index (χ3v) is 1.83. The van der Waals surface area contributed by atoms with Gasteiger partial charge in [-0.1, -0.05) is 24.0 Å². The summed E-state index contributed by atoms with van der Waals surface area (Å²) < 4.78 is 4.73. The molecular weight excluding hydrogens is 218 g/mol. The van der Waals surface area contributed by atoms with Crippen molar-refractivity contribution in [2.45, 2.75) is 13.3 Å². The lowest BCUT2D eigenvalue weighted by molar-refractivity contribution is -0.141. The fraction of sp³-hybridized carbons (Fsp3) is 0.231. The van der Waals surface area contributed by atoms with E-state index >= 15 is 0 Å². The Bertz CT molecular complexity index is 505. The van der Waals surface area contributed by atoms with Gasteiger partial charge in [0, 0.05) is 0 Å². The molecule has 1 aromatic rings. The molecule has 0 heterocycles. The predicted molar refractivity (Wildman–Crippen MR) is 62.4 cm³/mol. The molecular formula is C13H11NO3. The van der Waals surface area contributed by atoms with Gasteiger partial charge in [0.1, 0.15) is 6.42 Å². The molecule has 0 amide bonds. The Balaban J connectivity index is 2.78. The zero-order chi connectivity index (χ0) is 12.5. The van der Waals surface area contributed by atoms with Gasteiger partial charge in [-0.25, -0.2) is 4.79 Å². The van der Waals surface area contributed by atoms with Gasteiger partial charge in [0.15, 0.2) is 0 Å². The monoisotopic (exact) mass is 229 g/mol. The van der Waals surface area contributed by atoms with Gasteiger partial charge >= 0.3 is 5.97 Å². The van der Waals surface area contributed by atoms with Crippen LogP contribution in [0.1, 0.15) is 18.9 Å². The van der Waals surface area contributed by atoms with Gasteiger partial charge in [-0.3, -0.25) is 4.79 Å². The van der Waals surface area contributed by atoms with Gasteiger partial charge in [-0.05, 0) is 19.1 Å². The molecule has 0 aromatic heterocycles. The lowest BCUT2D eigenvalue weighted by Gasteiger charge is -1.96. The van der Waals surface area contributed by atoms with Crippen molar-refractivity contribution in [3.05, 3.63) is 29.8 Å². The molecule has 1 rings (SSSR count). The molecule has 0 aliphatic carbocycles. The van der Waals surface area contributed by atoms with E-state index in [1.54, 1.807) is 31.2 Å². The number of aliphatic imine (C=N–C) groups is 1. The largest absolute Gasteiger partial charge is 0.465 e. The first-order valence-corrected chi connectivity index (χ1v) is 5.09. The second-order valence-electron chi connectivity index (χ2n) is 3.00. The van der Waals surface area contributed by atoms with Gasteiger partial charge in [0.25, 0.3) is 0 Å². The van der Waals surface area contributed by atoms with E-state index in [9.17, 15) is 9.59 Å². The highest BCUT2D eigenvalue weighted by atomic mass is 16.5. The van der Waals surface area contributed by atoms with Gasteiger partial charge in [0.2, 0.25) is 6.08 Å². The number of hydrogen-bond donors (Lipinski definition) is 0. The summed E-state index contributed by atoms with van der Waals surface area (Å²) in [6.07, 6.45) is 1.48. The van der Waals surface area contributed by atoms with Crippen molar-refractivity contribution < 1.29 is 14.3 Å². The van der Waals surface area contributed by atoms with Crippen LogP contribution in [0, 0.1) is 11.8 Å². The Morgan fingerprint density at radius 3 is 2.88 bits per heavy atom. The summed E-state index contributed by atoms with van der Waals surface area (Å²) in [4.78, 5) is 24.7. The first-order valence-electron chi connectivity index (χ1n) is 5.09. The molecule has 0 saturated carbocycles. The van der Waals surface area contributed by atoms with Gasteiger partial charge in [0.05, 0.1) is 17.9 Å². The topological polar surface area (TPSA) is 55.7 Å². The summed E-state index contributed by atoms with van der Waals surface area (Å²) in [6.45, 7) is 2.08. The highest BCUT2D eigenvalue weighted by Crippen LogP contribution is 2.16. The average molecular weight is 229 g/mol. The van der Waals surface area contributed by atoms with E-state index in [4.69, 9.17) is 4.74 Å². The number of esters is 1. The molecule has 0 spiro atoms. The van der Waals surface area contributed by atoms with Gasteiger partial charge < -0.3 is 4.74 Å². The third-order valence-electron chi connectivity index (χ3n) is 1.83. The highest BCUT2D eigenvalue weighted by molar-refractivity contribution is 5.73. The maximum absolute atomic E-state index is 11.0. The molecule has 0 radical (unpaired) electrons. The van der Waals surface area contributed by atoms with Crippen molar-refractivity contribution in [1.29, 1.82) is 0 Å². The van der Waals surface area contributed by atoms with Gasteiger partial charge in [-0.2, -0.15) is 4.99 Å². The molecule has 0 aliphatic rings. The molecule has 86 valence electrons. The third kappa shape index (κ3) is 4.33. The van der Waals surface area contributed by atoms with Crippen molar-refractivity contribution in [1.82, 2.24) is 0 Å². The number of hydrogen-bond acceptors (Lipinski definition) is 4. The SMILES string of the molecule is CCOC(=O)CC#Cc1ccccc1N=C=O. The highest BCUT2D eigenvalue weighted by Gasteiger charge is 1.98. The van der Waals surface area contributed by atoms with E-state index in [0.29, 0.717) is 17.9 Å². The number of ether oxygens (including phenoxy) is 1. The fourth-order valence-electron chi connectivity index (χ4n) is 1.15. The minimum atomic E-state index is -0.364. The van der Waals surface area contributed by atoms with Crippen molar-refractivity contribution in [3.63, 3.8) is 0 Å². The normalized spacial score (nSPS) is 8.53. The van der Waals surface area contributed by atoms with Crippen LogP contribution in [0.5, 0.6) is 0 Å². The van der Waals surface area contributed by atoms with Crippen LogP contribution in [0.25, 0.3) is 0 Å². The second kappa shape index (κ2) is 7.00. The zero-order valence-electron chi connectivity index (χ0n) is 9.40. The van der Waals surface area contributed by atoms with Crippen LogP contribution >= 0.6 is 0 Å². The van der Waals surface area contributed by atoms with Crippen molar-refractivity contribution >= 4 is 17.7 Å². The number of nitrogens with zero attached hydrogens (tertiary/aromatic N) is 1. The van der Waals surface area contributed by atoms with E-state index in [1.807, 2.05) is 0 Å². The van der Waals surface area contributed by atoms with E-state index in [-0.39, 0.29) is 12.4 Å². The minimum absolute atomic E-state index is 0.0208. The van der Waals surface area contributed by atoms with E-state index in [2.05, 4.69) is 16.8 Å². The lowest BCUT2D eigenvalue weighted by Crippen LogP contribution is -2.01. The summed E-state index contributed by atoms with van der Waals surface area (Å²) in [6, 6.07) is 6.89. The molecule has 0 aliphatic heterocycles. The maximum Gasteiger partial charge on any atom is 0.317 e. The molecule has 0 unspecified atom stereocenters. The maximum atomic E-state index is 11.0. The number of isocyanates is 1. The second-order valence-corrected chi connectivity index (χ2v) is 3.00. The number of carbonyl (C=O) groups excluding carboxylic acids is 2. The zero-order valence-corrected chi connectivity index (χ0v) is 9.40. The van der Waals surface area contributed by atoms with E-state index < -0.39 is 0 Å². The van der Waals surface area contributed by atoms with E-state index in [0.717, 1.165) is 0 Å². The fourth-order valence-corrected chi connectivity index (χ4v) is 1.15. The Morgan fingerprint density at radius 1 is 1.41 bits per heavy atom. The molecule has 0 N–H and O–H groups in total. The Morgan fingerprint density at radius 2 is 2.18 bits per heavy atom. The summed E-state index contributed by atoms with van der Waals surface area (Å²) in [5, 5.41) is 0. The molecule has 0 atom stereocenters. The summed E-state index contributed by atoms with van der Waals surface area (Å²) in [5.41, 5.74) is 1.03. The Labute approximate surface area is 99.3 Å². The average Bonchev–Trinajstić information content (AvgIpc) is 2.32. The quantitative estimate of drug-likeness (QED) is 0.344. The number of para-hydroxylation sites is 1. The van der Waals surface area contributed by atoms with Crippen LogP contribution in [-0.4, -0.2) is 18.7 Å². The summed E-state index contributed by atoms with van der Waals surface area (Å²) in [5.74, 6) is 5.07. The van der Waals surface area contributed by atoms with Gasteiger partial charge in [-0.15, -0.1) is 0 Å². The first-order chi connectivity index (χ1) is 8.27. The first kappa shape index (κ1) is 12.7. The standard InChI is InChI=1S/C13H11NO3/c1-2-17-13(16)9-5-7-11-6-3-4-8-12(11)14-10-15/h3-4,6,8H,2,9H2,1H3. The van der Waals surface area contributed by atoms with E-state index in [1.165, 1.54) is 6.08 Å². The van der Waals surface area contributed by atoms with Crippen molar-refractivity contribution in [3.8, 4) is 11.8 Å². The molecule has 4 heteroatoms. The molecule has 17 heavy (non-hydrogen) atoms. The van der Waals surface area contributed by atoms with Crippen LogP contribution < -0.4 is 0 Å². The number of rotatable bonds is 3. The molecule has 0 saturated heterocycles. The summed E-state index contributed by atoms with van der Waals surface area (Å²) in [7, 11) is 0. The molecule has 0 bridgehead atoms. The Hall–Kier alpha value is -2.37. The predicted octanol–water partition coefficient (Wildman–Crippen LogP) is 1.96. The molecule has 0 fully saturated rings. The van der Waals surface area contributed by atoms with Crippen LogP contribution in [0.2, 0.25) is 0 Å². The molecule has 1 aromatic carbocycles. The van der Waals surface area contributed by atoms with Crippen LogP contribution in [0.15, 0.2) is 29.3 Å². The van der Waals surface area contributed by atoms with Crippen LogP contribution in [0.3, 0.4) is 0 Å². The minimum Gasteiger partial charge on any atom is -0.465 e. The van der Waals surface area contributed by atoms with Crippen LogP contribution in [0.4, 0.5) is 5.69 Å².